The van der Waals surface area contributed by atoms with Crippen LogP contribution in [-0.4, -0.2) is 23.4 Å². The molecule has 0 aliphatic heterocycles. The second-order valence-electron chi connectivity index (χ2n) is 4.15. The van der Waals surface area contributed by atoms with Crippen molar-refractivity contribution in [3.8, 4) is 6.07 Å². The van der Waals surface area contributed by atoms with Crippen molar-refractivity contribution in [2.24, 2.45) is 5.41 Å². The van der Waals surface area contributed by atoms with Gasteiger partial charge in [0, 0.05) is 12.6 Å². The number of hydrogen-bond donors (Lipinski definition) is 0. The molecule has 0 spiro atoms. The zero-order chi connectivity index (χ0) is 12.1. The smallest absolute Gasteiger partial charge is 0.242 e. The maximum atomic E-state index is 12.2. The SMILES string of the molecule is CCC(C)N(CC)C(=O)C(C)(C#N)CC. The first-order chi connectivity index (χ1) is 6.96. The summed E-state index contributed by atoms with van der Waals surface area (Å²) in [5, 5.41) is 9.06. The molecule has 0 rings (SSSR count). The molecule has 0 aliphatic carbocycles. The second kappa shape index (κ2) is 5.75. The first kappa shape index (κ1) is 14.0. The van der Waals surface area contributed by atoms with Crippen molar-refractivity contribution in [3.05, 3.63) is 0 Å². The second-order valence-corrected chi connectivity index (χ2v) is 4.15. The van der Waals surface area contributed by atoms with E-state index in [0.29, 0.717) is 13.0 Å². The van der Waals surface area contributed by atoms with Gasteiger partial charge in [-0.15, -0.1) is 0 Å². The van der Waals surface area contributed by atoms with Crippen LogP contribution in [0.25, 0.3) is 0 Å². The quantitative estimate of drug-likeness (QED) is 0.700. The summed E-state index contributed by atoms with van der Waals surface area (Å²) in [7, 11) is 0. The van der Waals surface area contributed by atoms with E-state index in [2.05, 4.69) is 13.0 Å². The van der Waals surface area contributed by atoms with Gasteiger partial charge in [-0.25, -0.2) is 0 Å². The Morgan fingerprint density at radius 2 is 2.00 bits per heavy atom. The molecule has 0 aromatic rings. The van der Waals surface area contributed by atoms with Gasteiger partial charge in [-0.05, 0) is 33.6 Å². The zero-order valence-corrected chi connectivity index (χ0v) is 10.5. The van der Waals surface area contributed by atoms with Crippen LogP contribution in [0.4, 0.5) is 0 Å². The highest BCUT2D eigenvalue weighted by atomic mass is 16.2. The summed E-state index contributed by atoms with van der Waals surface area (Å²) in [5.74, 6) is -0.0376. The van der Waals surface area contributed by atoms with Gasteiger partial charge in [0.05, 0.1) is 6.07 Å². The minimum atomic E-state index is -0.862. The fourth-order valence-corrected chi connectivity index (χ4v) is 1.47. The van der Waals surface area contributed by atoms with Crippen molar-refractivity contribution >= 4 is 5.91 Å². The lowest BCUT2D eigenvalue weighted by Gasteiger charge is -2.32. The summed E-state index contributed by atoms with van der Waals surface area (Å²) < 4.78 is 0. The van der Waals surface area contributed by atoms with Crippen molar-refractivity contribution in [3.63, 3.8) is 0 Å². The molecular formula is C12H22N2O. The van der Waals surface area contributed by atoms with Gasteiger partial charge in [0.15, 0.2) is 0 Å². The molecule has 0 saturated heterocycles. The summed E-state index contributed by atoms with van der Waals surface area (Å²) >= 11 is 0. The molecule has 0 aromatic heterocycles. The Labute approximate surface area is 93.1 Å². The molecule has 0 aliphatic rings. The predicted octanol–water partition coefficient (Wildman–Crippen LogP) is 2.57. The van der Waals surface area contributed by atoms with Crippen molar-refractivity contribution in [2.75, 3.05) is 6.54 Å². The van der Waals surface area contributed by atoms with Crippen LogP contribution in [0, 0.1) is 16.7 Å². The van der Waals surface area contributed by atoms with Crippen molar-refractivity contribution in [1.82, 2.24) is 4.90 Å². The predicted molar refractivity (Wildman–Crippen MR) is 61.2 cm³/mol. The van der Waals surface area contributed by atoms with Gasteiger partial charge >= 0.3 is 0 Å². The number of hydrogen-bond acceptors (Lipinski definition) is 2. The minimum absolute atomic E-state index is 0.0376. The highest BCUT2D eigenvalue weighted by Gasteiger charge is 2.35. The van der Waals surface area contributed by atoms with Crippen molar-refractivity contribution < 1.29 is 4.79 Å². The van der Waals surface area contributed by atoms with Gasteiger partial charge in [-0.1, -0.05) is 13.8 Å². The molecule has 0 saturated carbocycles. The fourth-order valence-electron chi connectivity index (χ4n) is 1.47. The lowest BCUT2D eigenvalue weighted by atomic mass is 9.87. The van der Waals surface area contributed by atoms with Crippen LogP contribution in [0.3, 0.4) is 0 Å². The van der Waals surface area contributed by atoms with Crippen LogP contribution in [0.1, 0.15) is 47.5 Å². The van der Waals surface area contributed by atoms with E-state index < -0.39 is 5.41 Å². The molecule has 0 radical (unpaired) electrons. The highest BCUT2D eigenvalue weighted by Crippen LogP contribution is 2.24. The molecule has 0 fully saturated rings. The van der Waals surface area contributed by atoms with Crippen LogP contribution in [0.15, 0.2) is 0 Å². The topological polar surface area (TPSA) is 44.1 Å². The lowest BCUT2D eigenvalue weighted by Crippen LogP contribution is -2.45. The average molecular weight is 210 g/mol. The molecule has 2 unspecified atom stereocenters. The van der Waals surface area contributed by atoms with E-state index in [9.17, 15) is 4.79 Å². The number of nitriles is 1. The van der Waals surface area contributed by atoms with Crippen molar-refractivity contribution in [1.29, 1.82) is 5.26 Å². The molecule has 0 bridgehead atoms. The molecule has 0 aromatic carbocycles. The van der Waals surface area contributed by atoms with E-state index in [1.54, 1.807) is 11.8 Å². The van der Waals surface area contributed by atoms with Gasteiger partial charge in [0.1, 0.15) is 5.41 Å². The van der Waals surface area contributed by atoms with Gasteiger partial charge in [-0.2, -0.15) is 5.26 Å². The summed E-state index contributed by atoms with van der Waals surface area (Å²) in [4.78, 5) is 14.0. The summed E-state index contributed by atoms with van der Waals surface area (Å²) in [6.07, 6.45) is 1.49. The Kier molecular flexibility index (Phi) is 5.35. The van der Waals surface area contributed by atoms with Gasteiger partial charge in [0.2, 0.25) is 5.91 Å². The fraction of sp³-hybridized carbons (Fsp3) is 0.833. The monoisotopic (exact) mass is 210 g/mol. The molecule has 2 atom stereocenters. The van der Waals surface area contributed by atoms with Gasteiger partial charge < -0.3 is 4.90 Å². The van der Waals surface area contributed by atoms with E-state index in [1.807, 2.05) is 20.8 Å². The maximum absolute atomic E-state index is 12.2. The van der Waals surface area contributed by atoms with Crippen molar-refractivity contribution in [2.45, 2.75) is 53.5 Å². The third-order valence-corrected chi connectivity index (χ3v) is 3.15. The molecule has 15 heavy (non-hydrogen) atoms. The largest absolute Gasteiger partial charge is 0.339 e. The van der Waals surface area contributed by atoms with E-state index in [1.165, 1.54) is 0 Å². The molecule has 86 valence electrons. The number of carbonyl (C=O) groups excluding carboxylic acids is 1. The summed E-state index contributed by atoms with van der Waals surface area (Å²) in [6.45, 7) is 10.3. The number of amides is 1. The molecule has 1 amide bonds. The number of rotatable bonds is 5. The molecular weight excluding hydrogens is 188 g/mol. The normalized spacial score (nSPS) is 16.3. The van der Waals surface area contributed by atoms with Crippen LogP contribution in [0.2, 0.25) is 0 Å². The molecule has 0 heterocycles. The Bertz CT molecular complexity index is 257. The van der Waals surface area contributed by atoms with Gasteiger partial charge in [-0.3, -0.25) is 4.79 Å². The number of nitrogens with zero attached hydrogens (tertiary/aromatic N) is 2. The standard InChI is InChI=1S/C12H22N2O/c1-6-10(4)14(8-3)11(15)12(5,7-2)9-13/h10H,6-8H2,1-5H3. The van der Waals surface area contributed by atoms with E-state index >= 15 is 0 Å². The third kappa shape index (κ3) is 2.95. The maximum Gasteiger partial charge on any atom is 0.242 e. The molecule has 0 N–H and O–H groups in total. The highest BCUT2D eigenvalue weighted by molar-refractivity contribution is 5.85. The minimum Gasteiger partial charge on any atom is -0.339 e. The van der Waals surface area contributed by atoms with E-state index in [4.69, 9.17) is 5.26 Å². The van der Waals surface area contributed by atoms with Crippen LogP contribution < -0.4 is 0 Å². The number of carbonyl (C=O) groups is 1. The Morgan fingerprint density at radius 1 is 1.47 bits per heavy atom. The van der Waals surface area contributed by atoms with Crippen LogP contribution in [-0.2, 0) is 4.79 Å². The van der Waals surface area contributed by atoms with Gasteiger partial charge in [0.25, 0.3) is 0 Å². The first-order valence-electron chi connectivity index (χ1n) is 5.69. The Morgan fingerprint density at radius 3 is 2.27 bits per heavy atom. The third-order valence-electron chi connectivity index (χ3n) is 3.15. The Balaban J connectivity index is 4.88. The van der Waals surface area contributed by atoms with Crippen LogP contribution in [0.5, 0.6) is 0 Å². The molecule has 3 heteroatoms. The zero-order valence-electron chi connectivity index (χ0n) is 10.5. The summed E-state index contributed by atoms with van der Waals surface area (Å²) in [6, 6.07) is 2.34. The average Bonchev–Trinajstić information content (AvgIpc) is 2.28. The van der Waals surface area contributed by atoms with E-state index in [0.717, 1.165) is 6.42 Å². The van der Waals surface area contributed by atoms with Crippen LogP contribution >= 0.6 is 0 Å². The van der Waals surface area contributed by atoms with E-state index in [-0.39, 0.29) is 11.9 Å². The Hall–Kier alpha value is -1.04. The first-order valence-corrected chi connectivity index (χ1v) is 5.69. The summed E-state index contributed by atoms with van der Waals surface area (Å²) in [5.41, 5.74) is -0.862. The lowest BCUT2D eigenvalue weighted by molar-refractivity contribution is -0.140. The molecule has 3 nitrogen and oxygen atoms in total.